The molecular formula is C27H31FO. The van der Waals surface area contributed by atoms with Crippen LogP contribution in [0.15, 0.2) is 54.6 Å². The van der Waals surface area contributed by atoms with Crippen molar-refractivity contribution in [3.8, 4) is 16.9 Å². The van der Waals surface area contributed by atoms with Gasteiger partial charge in [-0.25, -0.2) is 4.39 Å². The number of fused-ring (bicyclic) bond motifs is 1. The molecule has 0 heterocycles. The number of hydrogen-bond donors (Lipinski definition) is 0. The van der Waals surface area contributed by atoms with Crippen molar-refractivity contribution in [1.82, 2.24) is 0 Å². The first-order chi connectivity index (χ1) is 14.2. The first-order valence-corrected chi connectivity index (χ1v) is 11.0. The summed E-state index contributed by atoms with van der Waals surface area (Å²) in [5.41, 5.74) is 2.84. The minimum absolute atomic E-state index is 0.142. The lowest BCUT2D eigenvalue weighted by atomic mass is 9.78. The SMILES string of the molecule is CC[C@H]1CC[C@H](CCc2ccc3c(F)c(-c4ccc(OC)cc4)ccc3c2)CC1. The predicted octanol–water partition coefficient (Wildman–Crippen LogP) is 7.80. The maximum Gasteiger partial charge on any atom is 0.138 e. The van der Waals surface area contributed by atoms with Crippen LogP contribution >= 0.6 is 0 Å². The van der Waals surface area contributed by atoms with E-state index in [0.717, 1.165) is 35.0 Å². The van der Waals surface area contributed by atoms with Crippen molar-refractivity contribution in [2.24, 2.45) is 11.8 Å². The Morgan fingerprint density at radius 2 is 1.62 bits per heavy atom. The Morgan fingerprint density at radius 3 is 2.31 bits per heavy atom. The minimum Gasteiger partial charge on any atom is -0.497 e. The highest BCUT2D eigenvalue weighted by Gasteiger charge is 2.19. The molecule has 152 valence electrons. The van der Waals surface area contributed by atoms with Crippen molar-refractivity contribution in [2.75, 3.05) is 7.11 Å². The van der Waals surface area contributed by atoms with E-state index < -0.39 is 0 Å². The first-order valence-electron chi connectivity index (χ1n) is 11.0. The van der Waals surface area contributed by atoms with Crippen molar-refractivity contribution < 1.29 is 9.13 Å². The van der Waals surface area contributed by atoms with Gasteiger partial charge in [-0.15, -0.1) is 0 Å². The Labute approximate surface area is 173 Å². The molecule has 4 rings (SSSR count). The zero-order valence-electron chi connectivity index (χ0n) is 17.6. The number of rotatable bonds is 6. The maximum atomic E-state index is 15.2. The fourth-order valence-electron chi connectivity index (χ4n) is 4.79. The fraction of sp³-hybridized carbons (Fsp3) is 0.407. The lowest BCUT2D eigenvalue weighted by molar-refractivity contribution is 0.259. The van der Waals surface area contributed by atoms with E-state index in [0.29, 0.717) is 10.9 Å². The third-order valence-corrected chi connectivity index (χ3v) is 6.80. The molecule has 1 aliphatic carbocycles. The molecule has 0 aliphatic heterocycles. The summed E-state index contributed by atoms with van der Waals surface area (Å²) in [4.78, 5) is 0. The van der Waals surface area contributed by atoms with Gasteiger partial charge in [-0.3, -0.25) is 0 Å². The van der Waals surface area contributed by atoms with Crippen LogP contribution in [-0.2, 0) is 6.42 Å². The highest BCUT2D eigenvalue weighted by molar-refractivity contribution is 5.88. The van der Waals surface area contributed by atoms with E-state index in [9.17, 15) is 0 Å². The van der Waals surface area contributed by atoms with Gasteiger partial charge in [0.2, 0.25) is 0 Å². The molecule has 3 aromatic rings. The van der Waals surface area contributed by atoms with Crippen LogP contribution in [-0.4, -0.2) is 7.11 Å². The summed E-state index contributed by atoms with van der Waals surface area (Å²) in [7, 11) is 1.64. The normalized spacial score (nSPS) is 19.4. The maximum absolute atomic E-state index is 15.2. The van der Waals surface area contributed by atoms with E-state index in [-0.39, 0.29) is 5.82 Å². The molecule has 3 aromatic carbocycles. The number of benzene rings is 3. The van der Waals surface area contributed by atoms with E-state index >= 15 is 4.39 Å². The molecule has 2 heteroatoms. The van der Waals surface area contributed by atoms with Crippen LogP contribution < -0.4 is 4.74 Å². The number of ether oxygens (including phenoxy) is 1. The van der Waals surface area contributed by atoms with Gasteiger partial charge in [-0.2, -0.15) is 0 Å². The molecular weight excluding hydrogens is 359 g/mol. The van der Waals surface area contributed by atoms with Crippen molar-refractivity contribution >= 4 is 10.8 Å². The summed E-state index contributed by atoms with van der Waals surface area (Å²) in [6.45, 7) is 2.32. The van der Waals surface area contributed by atoms with Gasteiger partial charge in [-0.1, -0.05) is 81.5 Å². The van der Waals surface area contributed by atoms with Gasteiger partial charge in [0.1, 0.15) is 11.6 Å². The van der Waals surface area contributed by atoms with Crippen LogP contribution in [0, 0.1) is 17.7 Å². The van der Waals surface area contributed by atoms with Crippen molar-refractivity contribution in [3.05, 3.63) is 66.0 Å². The Balaban J connectivity index is 1.48. The average Bonchev–Trinajstić information content (AvgIpc) is 2.78. The van der Waals surface area contributed by atoms with Crippen LogP contribution in [0.3, 0.4) is 0 Å². The number of hydrogen-bond acceptors (Lipinski definition) is 1. The lowest BCUT2D eigenvalue weighted by Crippen LogP contribution is -2.14. The van der Waals surface area contributed by atoms with Crippen molar-refractivity contribution in [3.63, 3.8) is 0 Å². The summed E-state index contributed by atoms with van der Waals surface area (Å²) in [6.07, 6.45) is 9.25. The second kappa shape index (κ2) is 8.98. The molecule has 1 saturated carbocycles. The zero-order chi connectivity index (χ0) is 20.2. The molecule has 0 aromatic heterocycles. The Kier molecular flexibility index (Phi) is 6.18. The molecule has 0 atom stereocenters. The van der Waals surface area contributed by atoms with Crippen LogP contribution in [0.5, 0.6) is 5.75 Å². The number of aryl methyl sites for hydroxylation is 1. The number of halogens is 1. The first kappa shape index (κ1) is 19.9. The molecule has 29 heavy (non-hydrogen) atoms. The third-order valence-electron chi connectivity index (χ3n) is 6.80. The monoisotopic (exact) mass is 390 g/mol. The van der Waals surface area contributed by atoms with Crippen LogP contribution in [0.4, 0.5) is 4.39 Å². The van der Waals surface area contributed by atoms with E-state index in [1.165, 1.54) is 44.1 Å². The van der Waals surface area contributed by atoms with E-state index in [1.807, 2.05) is 42.5 Å². The average molecular weight is 391 g/mol. The topological polar surface area (TPSA) is 9.23 Å². The van der Waals surface area contributed by atoms with Gasteiger partial charge in [0.05, 0.1) is 7.11 Å². The molecule has 0 N–H and O–H groups in total. The van der Waals surface area contributed by atoms with Gasteiger partial charge >= 0.3 is 0 Å². The van der Waals surface area contributed by atoms with Crippen LogP contribution in [0.2, 0.25) is 0 Å². The van der Waals surface area contributed by atoms with Crippen molar-refractivity contribution in [2.45, 2.75) is 51.9 Å². The van der Waals surface area contributed by atoms with Gasteiger partial charge in [0.15, 0.2) is 0 Å². The van der Waals surface area contributed by atoms with Gasteiger partial charge < -0.3 is 4.74 Å². The molecule has 1 aliphatic rings. The zero-order valence-corrected chi connectivity index (χ0v) is 17.6. The molecule has 0 spiro atoms. The number of methoxy groups -OCH3 is 1. The fourth-order valence-corrected chi connectivity index (χ4v) is 4.79. The highest BCUT2D eigenvalue weighted by Crippen LogP contribution is 2.34. The Hall–Kier alpha value is -2.35. The minimum atomic E-state index is -0.142. The van der Waals surface area contributed by atoms with Crippen molar-refractivity contribution in [1.29, 1.82) is 0 Å². The second-order valence-corrected chi connectivity index (χ2v) is 8.54. The smallest absolute Gasteiger partial charge is 0.138 e. The van der Waals surface area contributed by atoms with Gasteiger partial charge in [-0.05, 0) is 53.3 Å². The summed E-state index contributed by atoms with van der Waals surface area (Å²) in [5, 5.41) is 1.69. The van der Waals surface area contributed by atoms with E-state index in [2.05, 4.69) is 19.1 Å². The summed E-state index contributed by atoms with van der Waals surface area (Å²) < 4.78 is 20.4. The van der Waals surface area contributed by atoms with Gasteiger partial charge in [0.25, 0.3) is 0 Å². The van der Waals surface area contributed by atoms with Gasteiger partial charge in [0, 0.05) is 10.9 Å². The molecule has 1 nitrogen and oxygen atoms in total. The molecule has 0 unspecified atom stereocenters. The lowest BCUT2D eigenvalue weighted by Gasteiger charge is -2.27. The predicted molar refractivity (Wildman–Crippen MR) is 120 cm³/mol. The summed E-state index contributed by atoms with van der Waals surface area (Å²) in [5.74, 6) is 2.46. The molecule has 0 saturated heterocycles. The van der Waals surface area contributed by atoms with Crippen LogP contribution in [0.25, 0.3) is 21.9 Å². The summed E-state index contributed by atoms with van der Waals surface area (Å²) in [6, 6.07) is 17.8. The second-order valence-electron chi connectivity index (χ2n) is 8.54. The van der Waals surface area contributed by atoms with Crippen LogP contribution in [0.1, 0.15) is 51.0 Å². The third kappa shape index (κ3) is 4.47. The summed E-state index contributed by atoms with van der Waals surface area (Å²) >= 11 is 0. The highest BCUT2D eigenvalue weighted by atomic mass is 19.1. The van der Waals surface area contributed by atoms with E-state index in [4.69, 9.17) is 4.74 Å². The Bertz CT molecular complexity index is 952. The molecule has 0 radical (unpaired) electrons. The molecule has 0 amide bonds. The quantitative estimate of drug-likeness (QED) is 0.417. The standard InChI is InChI=1S/C27H31FO/c1-3-19-4-6-20(7-5-19)8-9-21-10-16-26-23(18-21)13-17-25(27(26)28)22-11-14-24(29-2)15-12-22/h10-20H,3-9H2,1-2H3/t19-,20-. The molecule has 0 bridgehead atoms. The van der Waals surface area contributed by atoms with E-state index in [1.54, 1.807) is 7.11 Å². The largest absolute Gasteiger partial charge is 0.497 e. The molecule has 1 fully saturated rings. The Morgan fingerprint density at radius 1 is 0.897 bits per heavy atom.